The van der Waals surface area contributed by atoms with E-state index in [1.165, 1.54) is 7.11 Å². The molecule has 10 nitrogen and oxygen atoms in total. The number of carbonyl (C=O) groups excluding carboxylic acids is 4. The van der Waals surface area contributed by atoms with Crippen LogP contribution < -0.4 is 10.1 Å². The molecule has 3 amide bonds. The number of amides is 3. The lowest BCUT2D eigenvalue weighted by molar-refractivity contribution is -0.141. The number of nitrogens with zero attached hydrogens (tertiary/aromatic N) is 2. The second kappa shape index (κ2) is 16.1. The van der Waals surface area contributed by atoms with Crippen LogP contribution in [0.25, 0.3) is 0 Å². The Bertz CT molecular complexity index is 1050. The molecule has 2 heterocycles. The molecule has 2 aliphatic heterocycles. The van der Waals surface area contributed by atoms with Crippen molar-refractivity contribution < 1.29 is 33.4 Å². The van der Waals surface area contributed by atoms with Crippen LogP contribution in [0.15, 0.2) is 24.3 Å². The quantitative estimate of drug-likeness (QED) is 0.295. The summed E-state index contributed by atoms with van der Waals surface area (Å²) < 4.78 is 16.0. The Kier molecular flexibility index (Phi) is 12.9. The molecule has 2 aliphatic rings. The van der Waals surface area contributed by atoms with E-state index >= 15 is 0 Å². The molecule has 3 unspecified atom stereocenters. The smallest absolute Gasteiger partial charge is 0.410 e. The van der Waals surface area contributed by atoms with Crippen LogP contribution in [0.4, 0.5) is 4.79 Å². The maximum atomic E-state index is 13.3. The maximum absolute atomic E-state index is 13.3. The van der Waals surface area contributed by atoms with Gasteiger partial charge < -0.3 is 29.3 Å². The average Bonchev–Trinajstić information content (AvgIpc) is 2.98. The fourth-order valence-electron chi connectivity index (χ4n) is 5.40. The van der Waals surface area contributed by atoms with Gasteiger partial charge >= 0.3 is 12.1 Å². The number of esters is 1. The molecule has 234 valence electrons. The predicted molar refractivity (Wildman–Crippen MR) is 163 cm³/mol. The first-order valence-electron chi connectivity index (χ1n) is 15.0. The molecule has 1 N–H and O–H groups in total. The van der Waals surface area contributed by atoms with Crippen molar-refractivity contribution >= 4 is 33.1 Å². The molecule has 0 bridgehead atoms. The Morgan fingerprint density at radius 3 is 2.33 bits per heavy atom. The highest BCUT2D eigenvalue weighted by molar-refractivity contribution is 7.16. The minimum atomic E-state index is -0.543. The van der Waals surface area contributed by atoms with Gasteiger partial charge in [-0.25, -0.2) is 4.79 Å². The van der Waals surface area contributed by atoms with Gasteiger partial charge in [0.15, 0.2) is 0 Å². The van der Waals surface area contributed by atoms with Crippen LogP contribution in [0.2, 0.25) is 0 Å². The molecule has 0 radical (unpaired) electrons. The van der Waals surface area contributed by atoms with Gasteiger partial charge in [0.25, 0.3) is 0 Å². The number of hydrogen-bond acceptors (Lipinski definition) is 7. The van der Waals surface area contributed by atoms with Crippen LogP contribution in [0.1, 0.15) is 77.3 Å². The van der Waals surface area contributed by atoms with Gasteiger partial charge in [-0.2, -0.15) is 0 Å². The van der Waals surface area contributed by atoms with Gasteiger partial charge in [-0.05, 0) is 82.7 Å². The van der Waals surface area contributed by atoms with E-state index in [0.29, 0.717) is 51.5 Å². The van der Waals surface area contributed by atoms with Crippen molar-refractivity contribution in [1.29, 1.82) is 0 Å². The first-order chi connectivity index (χ1) is 20.0. The van der Waals surface area contributed by atoms with E-state index in [9.17, 15) is 19.2 Å². The van der Waals surface area contributed by atoms with E-state index in [1.54, 1.807) is 9.80 Å². The Hall–Kier alpha value is -2.87. The van der Waals surface area contributed by atoms with E-state index < -0.39 is 17.6 Å². The molecule has 1 aromatic carbocycles. The number of nitrogens with one attached hydrogen (secondary N) is 1. The Balaban J connectivity index is 1.49. The zero-order valence-corrected chi connectivity index (χ0v) is 26.7. The fraction of sp³-hybridized carbons (Fsp3) is 0.677. The minimum absolute atomic E-state index is 0.0101. The molecular weight excluding hydrogens is 557 g/mol. The number of methoxy groups -OCH3 is 1. The van der Waals surface area contributed by atoms with E-state index in [2.05, 4.69) is 14.6 Å². The molecule has 1 aromatic rings. The third kappa shape index (κ3) is 10.8. The Morgan fingerprint density at radius 2 is 1.71 bits per heavy atom. The number of piperidine rings is 2. The summed E-state index contributed by atoms with van der Waals surface area (Å²) in [6.07, 6.45) is 4.89. The molecular formula is C31H48N3O7P. The highest BCUT2D eigenvalue weighted by Crippen LogP contribution is 2.26. The van der Waals surface area contributed by atoms with Gasteiger partial charge in [0.1, 0.15) is 11.4 Å². The summed E-state index contributed by atoms with van der Waals surface area (Å²) in [5.74, 6) is 0.242. The summed E-state index contributed by atoms with van der Waals surface area (Å²) in [6, 6.07) is 6.81. The number of rotatable bonds is 11. The van der Waals surface area contributed by atoms with Crippen molar-refractivity contribution in [3.05, 3.63) is 29.8 Å². The summed E-state index contributed by atoms with van der Waals surface area (Å²) in [5, 5.41) is 3.04. The monoisotopic (exact) mass is 605 g/mol. The number of likely N-dealkylation sites (tertiary alicyclic amines) is 2. The predicted octanol–water partition coefficient (Wildman–Crippen LogP) is 4.33. The molecule has 0 aromatic heterocycles. The summed E-state index contributed by atoms with van der Waals surface area (Å²) in [4.78, 5) is 54.5. The second-order valence-electron chi connectivity index (χ2n) is 12.2. The maximum Gasteiger partial charge on any atom is 0.410 e. The number of carbonyl (C=O) groups is 4. The molecule has 3 rings (SSSR count). The van der Waals surface area contributed by atoms with Crippen LogP contribution in [0, 0.1) is 11.8 Å². The van der Waals surface area contributed by atoms with Crippen LogP contribution in [-0.2, 0) is 23.9 Å². The molecule has 42 heavy (non-hydrogen) atoms. The second-order valence-corrected chi connectivity index (χ2v) is 12.8. The van der Waals surface area contributed by atoms with Gasteiger partial charge in [0.05, 0.1) is 32.1 Å². The molecule has 2 saturated heterocycles. The molecule has 3 atom stereocenters. The highest BCUT2D eigenvalue weighted by atomic mass is 31.0. The van der Waals surface area contributed by atoms with Crippen molar-refractivity contribution in [3.8, 4) is 5.75 Å². The van der Waals surface area contributed by atoms with Gasteiger partial charge in [0, 0.05) is 32.6 Å². The fourth-order valence-corrected chi connectivity index (χ4v) is 5.52. The normalized spacial score (nSPS) is 18.6. The largest absolute Gasteiger partial charge is 0.493 e. The van der Waals surface area contributed by atoms with Gasteiger partial charge in [0.2, 0.25) is 11.8 Å². The van der Waals surface area contributed by atoms with Crippen LogP contribution >= 0.6 is 9.24 Å². The van der Waals surface area contributed by atoms with E-state index in [-0.39, 0.29) is 30.2 Å². The first-order valence-corrected chi connectivity index (χ1v) is 15.9. The lowest BCUT2D eigenvalue weighted by Crippen LogP contribution is -2.46. The van der Waals surface area contributed by atoms with Gasteiger partial charge in [-0.3, -0.25) is 14.4 Å². The third-order valence-corrected chi connectivity index (χ3v) is 8.00. The summed E-state index contributed by atoms with van der Waals surface area (Å²) in [7, 11) is 3.94. The van der Waals surface area contributed by atoms with Crippen molar-refractivity contribution in [2.75, 3.05) is 46.1 Å². The van der Waals surface area contributed by atoms with Gasteiger partial charge in [-0.1, -0.05) is 12.1 Å². The topological polar surface area (TPSA) is 114 Å². The van der Waals surface area contributed by atoms with Crippen LogP contribution in [0.5, 0.6) is 5.75 Å². The van der Waals surface area contributed by atoms with Crippen molar-refractivity contribution in [1.82, 2.24) is 15.1 Å². The van der Waals surface area contributed by atoms with Gasteiger partial charge in [-0.15, -0.1) is 9.24 Å². The Labute approximate surface area is 252 Å². The SMILES string of the molecule is COC(=O)CC(NC(=O)C1CCCN(C(=O)CCC2CCN(C(=O)OC(C)(C)C)CC2)C1)c1ccc(OCCP)cc1. The highest BCUT2D eigenvalue weighted by Gasteiger charge is 2.32. The van der Waals surface area contributed by atoms with Crippen LogP contribution in [0.3, 0.4) is 0 Å². The van der Waals surface area contributed by atoms with E-state index in [4.69, 9.17) is 14.2 Å². The third-order valence-electron chi connectivity index (χ3n) is 7.76. The number of hydrogen-bond donors (Lipinski definition) is 1. The van der Waals surface area contributed by atoms with E-state index in [1.807, 2.05) is 45.0 Å². The zero-order valence-electron chi connectivity index (χ0n) is 25.6. The first kappa shape index (κ1) is 33.6. The summed E-state index contributed by atoms with van der Waals surface area (Å²) >= 11 is 0. The molecule has 0 saturated carbocycles. The lowest BCUT2D eigenvalue weighted by Gasteiger charge is -2.35. The Morgan fingerprint density at radius 1 is 1.02 bits per heavy atom. The number of benzene rings is 1. The minimum Gasteiger partial charge on any atom is -0.493 e. The zero-order chi connectivity index (χ0) is 30.7. The molecule has 2 fully saturated rings. The average molecular weight is 606 g/mol. The van der Waals surface area contributed by atoms with Crippen molar-refractivity contribution in [2.24, 2.45) is 11.8 Å². The van der Waals surface area contributed by atoms with Crippen LogP contribution in [-0.4, -0.2) is 85.3 Å². The standard InChI is InChI=1S/C31H48N3O7P/c1-31(2,3)41-30(38)33-16-13-22(14-17-33)7-12-27(35)34-15-5-6-24(21-34)29(37)32-26(20-28(36)39-4)23-8-10-25(11-9-23)40-18-19-42/h8-11,22,24,26H,5-7,12-21,42H2,1-4H3,(H,32,37). The molecule has 0 aliphatic carbocycles. The number of ether oxygens (including phenoxy) is 3. The molecule has 11 heteroatoms. The van der Waals surface area contributed by atoms with Crippen molar-refractivity contribution in [3.63, 3.8) is 0 Å². The van der Waals surface area contributed by atoms with E-state index in [0.717, 1.165) is 43.2 Å². The lowest BCUT2D eigenvalue weighted by atomic mass is 9.91. The molecule has 0 spiro atoms. The summed E-state index contributed by atoms with van der Waals surface area (Å²) in [5.41, 5.74) is 0.272. The summed E-state index contributed by atoms with van der Waals surface area (Å²) in [6.45, 7) is 8.46. The van der Waals surface area contributed by atoms with Crippen molar-refractivity contribution in [2.45, 2.75) is 77.4 Å².